The van der Waals surface area contributed by atoms with Crippen LogP contribution in [0.1, 0.15) is 18.5 Å². The topological polar surface area (TPSA) is 97.2 Å². The van der Waals surface area contributed by atoms with Crippen LogP contribution in [0.15, 0.2) is 46.0 Å². The van der Waals surface area contributed by atoms with Crippen molar-refractivity contribution < 1.29 is 17.6 Å². The quantitative estimate of drug-likeness (QED) is 0.458. The number of sulfonamides is 1. The van der Waals surface area contributed by atoms with Gasteiger partial charge in [-0.2, -0.15) is 14.1 Å². The van der Waals surface area contributed by atoms with Crippen LogP contribution in [0.4, 0.5) is 10.2 Å². The highest BCUT2D eigenvalue weighted by Crippen LogP contribution is 2.31. The van der Waals surface area contributed by atoms with E-state index in [2.05, 4.69) is 15.4 Å². The molecule has 12 heteroatoms. The molecule has 0 aliphatic carbocycles. The third-order valence-electron chi connectivity index (χ3n) is 5.17. The fourth-order valence-corrected chi connectivity index (χ4v) is 7.47. The summed E-state index contributed by atoms with van der Waals surface area (Å²) >= 11 is 2.38. The molecule has 1 N–H and O–H groups in total. The van der Waals surface area contributed by atoms with Crippen molar-refractivity contribution in [3.8, 4) is 5.13 Å². The minimum absolute atomic E-state index is 0.222. The first-order valence-electron chi connectivity index (χ1n) is 9.82. The number of anilines is 1. The van der Waals surface area contributed by atoms with Crippen LogP contribution in [0, 0.1) is 12.7 Å². The molecule has 32 heavy (non-hydrogen) atoms. The van der Waals surface area contributed by atoms with Crippen LogP contribution in [-0.4, -0.2) is 46.0 Å². The average Bonchev–Trinajstić information content (AvgIpc) is 3.53. The largest absolute Gasteiger partial charge is 0.309 e. The Kier molecular flexibility index (Phi) is 5.32. The molecule has 4 heterocycles. The van der Waals surface area contributed by atoms with Crippen molar-refractivity contribution in [3.63, 3.8) is 0 Å². The normalized spacial score (nSPS) is 17.2. The monoisotopic (exact) mass is 491 g/mol. The number of amides is 1. The second-order valence-corrected chi connectivity index (χ2v) is 11.5. The molecule has 1 aliphatic rings. The van der Waals surface area contributed by atoms with E-state index in [9.17, 15) is 17.6 Å². The summed E-state index contributed by atoms with van der Waals surface area (Å²) in [4.78, 5) is 17.6. The second-order valence-electron chi connectivity index (χ2n) is 7.39. The van der Waals surface area contributed by atoms with Gasteiger partial charge in [0.05, 0.1) is 15.9 Å². The molecular formula is C20H18FN5O3S3. The number of hydrogen-bond donors (Lipinski definition) is 1. The van der Waals surface area contributed by atoms with Crippen LogP contribution in [0.3, 0.4) is 0 Å². The minimum atomic E-state index is -3.74. The van der Waals surface area contributed by atoms with E-state index >= 15 is 0 Å². The number of benzene rings is 1. The summed E-state index contributed by atoms with van der Waals surface area (Å²) in [6, 6.07) is 8.43. The molecule has 3 aromatic heterocycles. The fraction of sp³-hybridized carbons (Fsp3) is 0.250. The van der Waals surface area contributed by atoms with Crippen molar-refractivity contribution >= 4 is 54.6 Å². The maximum atomic E-state index is 13.6. The highest BCUT2D eigenvalue weighted by molar-refractivity contribution is 7.91. The Morgan fingerprint density at radius 3 is 2.91 bits per heavy atom. The van der Waals surface area contributed by atoms with Gasteiger partial charge in [-0.3, -0.25) is 4.79 Å². The van der Waals surface area contributed by atoms with Gasteiger partial charge in [0.25, 0.3) is 10.0 Å². The summed E-state index contributed by atoms with van der Waals surface area (Å²) in [5.41, 5.74) is 1.28. The minimum Gasteiger partial charge on any atom is -0.309 e. The zero-order chi connectivity index (χ0) is 22.5. The Hall–Kier alpha value is -2.67. The Bertz CT molecular complexity index is 1410. The number of nitrogens with zero attached hydrogens (tertiary/aromatic N) is 4. The van der Waals surface area contributed by atoms with E-state index in [4.69, 9.17) is 0 Å². The van der Waals surface area contributed by atoms with Gasteiger partial charge < -0.3 is 5.32 Å². The van der Waals surface area contributed by atoms with Gasteiger partial charge in [0.1, 0.15) is 21.9 Å². The first kappa shape index (κ1) is 21.2. The number of aromatic nitrogens is 3. The number of aryl methyl sites for hydroxylation is 1. The number of halogens is 1. The average molecular weight is 492 g/mol. The van der Waals surface area contributed by atoms with Crippen LogP contribution >= 0.6 is 22.7 Å². The highest BCUT2D eigenvalue weighted by Gasteiger charge is 2.40. The SMILES string of the molecule is Cc1cc(NC(=O)C2CCCN2S(=O)(=O)c2cccs2)n(-c2nc3ccc(F)cc3s2)n1. The fourth-order valence-electron chi connectivity index (χ4n) is 3.74. The maximum Gasteiger partial charge on any atom is 0.253 e. The molecule has 1 saturated heterocycles. The van der Waals surface area contributed by atoms with E-state index in [0.29, 0.717) is 46.2 Å². The van der Waals surface area contributed by atoms with Crippen LogP contribution < -0.4 is 5.32 Å². The molecule has 0 bridgehead atoms. The van der Waals surface area contributed by atoms with Crippen molar-refractivity contribution in [2.75, 3.05) is 11.9 Å². The second kappa shape index (κ2) is 8.03. The molecule has 1 aliphatic heterocycles. The Morgan fingerprint density at radius 1 is 1.28 bits per heavy atom. The van der Waals surface area contributed by atoms with Crippen LogP contribution in [-0.2, 0) is 14.8 Å². The molecule has 8 nitrogen and oxygen atoms in total. The molecule has 0 radical (unpaired) electrons. The third-order valence-corrected chi connectivity index (χ3v) is 9.44. The number of nitrogens with one attached hydrogen (secondary N) is 1. The zero-order valence-electron chi connectivity index (χ0n) is 16.9. The Labute approximate surface area is 191 Å². The van der Waals surface area contributed by atoms with E-state index < -0.39 is 22.0 Å². The molecule has 1 aromatic carbocycles. The molecule has 4 aromatic rings. The molecule has 166 valence electrons. The highest BCUT2D eigenvalue weighted by atomic mass is 32.2. The molecule has 0 saturated carbocycles. The Morgan fingerprint density at radius 2 is 2.12 bits per heavy atom. The number of fused-ring (bicyclic) bond motifs is 1. The third kappa shape index (κ3) is 3.72. The van der Waals surface area contributed by atoms with Gasteiger partial charge in [-0.05, 0) is 49.4 Å². The van der Waals surface area contributed by atoms with Crippen LogP contribution in [0.2, 0.25) is 0 Å². The smallest absolute Gasteiger partial charge is 0.253 e. The van der Waals surface area contributed by atoms with E-state index in [0.717, 1.165) is 11.3 Å². The van der Waals surface area contributed by atoms with Gasteiger partial charge in [-0.25, -0.2) is 17.8 Å². The molecule has 0 spiro atoms. The van der Waals surface area contributed by atoms with E-state index in [-0.39, 0.29) is 10.0 Å². The molecule has 5 rings (SSSR count). The molecular weight excluding hydrogens is 473 g/mol. The lowest BCUT2D eigenvalue weighted by molar-refractivity contribution is -0.119. The number of thiophene rings is 1. The Balaban J connectivity index is 1.43. The number of thiazole rings is 1. The number of hydrogen-bond acceptors (Lipinski definition) is 7. The summed E-state index contributed by atoms with van der Waals surface area (Å²) in [5, 5.41) is 9.41. The van der Waals surface area contributed by atoms with E-state index in [1.54, 1.807) is 36.6 Å². The summed E-state index contributed by atoms with van der Waals surface area (Å²) in [5.74, 6) is -0.394. The van der Waals surface area contributed by atoms with Crippen molar-refractivity contribution in [2.24, 2.45) is 0 Å². The molecule has 1 unspecified atom stereocenters. The maximum absolute atomic E-state index is 13.6. The van der Waals surface area contributed by atoms with Crippen molar-refractivity contribution in [2.45, 2.75) is 30.0 Å². The van der Waals surface area contributed by atoms with Crippen molar-refractivity contribution in [1.82, 2.24) is 19.1 Å². The first-order chi connectivity index (χ1) is 15.3. The van der Waals surface area contributed by atoms with Gasteiger partial charge in [0.15, 0.2) is 0 Å². The van der Waals surface area contributed by atoms with Crippen LogP contribution in [0.5, 0.6) is 0 Å². The molecule has 1 atom stereocenters. The number of carbonyl (C=O) groups is 1. The number of carbonyl (C=O) groups excluding carboxylic acids is 1. The summed E-state index contributed by atoms with van der Waals surface area (Å²) in [7, 11) is -3.74. The van der Waals surface area contributed by atoms with Gasteiger partial charge >= 0.3 is 0 Å². The zero-order valence-corrected chi connectivity index (χ0v) is 19.3. The lowest BCUT2D eigenvalue weighted by Gasteiger charge is -2.22. The summed E-state index contributed by atoms with van der Waals surface area (Å²) < 4.78 is 43.2. The first-order valence-corrected chi connectivity index (χ1v) is 13.0. The summed E-state index contributed by atoms with van der Waals surface area (Å²) in [6.07, 6.45) is 1.04. The predicted octanol–water partition coefficient (Wildman–Crippen LogP) is 3.78. The van der Waals surface area contributed by atoms with Crippen LogP contribution in [0.25, 0.3) is 15.3 Å². The van der Waals surface area contributed by atoms with Gasteiger partial charge in [0.2, 0.25) is 11.0 Å². The lowest BCUT2D eigenvalue weighted by atomic mass is 10.2. The molecule has 1 amide bonds. The summed E-state index contributed by atoms with van der Waals surface area (Å²) in [6.45, 7) is 2.07. The molecule has 1 fully saturated rings. The lowest BCUT2D eigenvalue weighted by Crippen LogP contribution is -2.43. The standard InChI is InChI=1S/C20H18FN5O3S3/c1-12-10-17(26(24-12)20-22-14-7-6-13(21)11-16(14)31-20)23-19(27)15-4-2-8-25(15)32(28,29)18-5-3-9-30-18/h3,5-7,9-11,15H,2,4,8H2,1H3,(H,23,27). The number of rotatable bonds is 5. The van der Waals surface area contributed by atoms with E-state index in [1.165, 1.54) is 32.5 Å². The van der Waals surface area contributed by atoms with Crippen molar-refractivity contribution in [1.29, 1.82) is 0 Å². The van der Waals surface area contributed by atoms with Crippen molar-refractivity contribution in [3.05, 3.63) is 53.3 Å². The van der Waals surface area contributed by atoms with Gasteiger partial charge in [-0.15, -0.1) is 11.3 Å². The van der Waals surface area contributed by atoms with E-state index in [1.807, 2.05) is 0 Å². The van der Waals surface area contributed by atoms with Gasteiger partial charge in [0, 0.05) is 12.6 Å². The predicted molar refractivity (Wildman–Crippen MR) is 121 cm³/mol. The van der Waals surface area contributed by atoms with Gasteiger partial charge in [-0.1, -0.05) is 17.4 Å².